The fourth-order valence-electron chi connectivity index (χ4n) is 3.30. The fraction of sp³-hybridized carbons (Fsp3) is 0.450. The molecule has 0 aliphatic carbocycles. The zero-order chi connectivity index (χ0) is 20.4. The second-order valence-electron chi connectivity index (χ2n) is 7.50. The Morgan fingerprint density at radius 3 is 2.76 bits per heavy atom. The molecule has 152 valence electrons. The molecule has 0 radical (unpaired) electrons. The Morgan fingerprint density at radius 1 is 1.24 bits per heavy atom. The minimum atomic E-state index is -0.546. The average Bonchev–Trinajstić information content (AvgIpc) is 3.47. The fourth-order valence-corrected chi connectivity index (χ4v) is 3.30. The third-order valence-corrected chi connectivity index (χ3v) is 4.94. The molecule has 3 aromatic rings. The highest BCUT2D eigenvalue weighted by atomic mass is 16.5. The molecular formula is C20H24N6O3. The van der Waals surface area contributed by atoms with Crippen molar-refractivity contribution in [2.75, 3.05) is 13.1 Å². The first-order valence-corrected chi connectivity index (χ1v) is 9.77. The standard InChI is InChI=1S/C20H24N6O3/c1-13(2)18-21-19(29-23-18)17-12-26(24-22-17)15-9-10-25(11-15)20(27)14(3)28-16-7-5-4-6-8-16/h4-8,12-15H,9-11H2,1-3H3/t14-,15-/m0/s1. The molecule has 1 saturated heterocycles. The van der Waals surface area contributed by atoms with Gasteiger partial charge in [0.2, 0.25) is 0 Å². The number of hydrogen-bond donors (Lipinski definition) is 0. The van der Waals surface area contributed by atoms with Gasteiger partial charge in [0.1, 0.15) is 5.75 Å². The quantitative estimate of drug-likeness (QED) is 0.631. The lowest BCUT2D eigenvalue weighted by Gasteiger charge is -2.21. The predicted octanol–water partition coefficient (Wildman–Crippen LogP) is 2.69. The maximum atomic E-state index is 12.7. The van der Waals surface area contributed by atoms with E-state index in [1.54, 1.807) is 17.8 Å². The molecule has 2 atom stereocenters. The second-order valence-corrected chi connectivity index (χ2v) is 7.50. The predicted molar refractivity (Wildman–Crippen MR) is 104 cm³/mol. The lowest BCUT2D eigenvalue weighted by atomic mass is 10.2. The molecule has 9 heteroatoms. The Morgan fingerprint density at radius 2 is 2.03 bits per heavy atom. The van der Waals surface area contributed by atoms with Crippen molar-refractivity contribution in [2.45, 2.75) is 45.3 Å². The van der Waals surface area contributed by atoms with Gasteiger partial charge in [-0.25, -0.2) is 4.68 Å². The SMILES string of the molecule is CC(C)c1noc(-c2cn([C@H]3CCN(C(=O)[C@H](C)Oc4ccccc4)C3)nn2)n1. The molecule has 29 heavy (non-hydrogen) atoms. The van der Waals surface area contributed by atoms with Crippen LogP contribution in [0.3, 0.4) is 0 Å². The van der Waals surface area contributed by atoms with Crippen molar-refractivity contribution in [2.24, 2.45) is 0 Å². The van der Waals surface area contributed by atoms with Crippen LogP contribution in [0.1, 0.15) is 45.0 Å². The van der Waals surface area contributed by atoms with Gasteiger partial charge in [0.25, 0.3) is 11.8 Å². The molecule has 0 spiro atoms. The maximum Gasteiger partial charge on any atom is 0.280 e. The Labute approximate surface area is 168 Å². The topological polar surface area (TPSA) is 99.2 Å². The minimum absolute atomic E-state index is 0.0323. The van der Waals surface area contributed by atoms with Gasteiger partial charge in [-0.3, -0.25) is 4.79 Å². The number of carbonyl (C=O) groups excluding carboxylic acids is 1. The van der Waals surface area contributed by atoms with Crippen LogP contribution in [0, 0.1) is 0 Å². The lowest BCUT2D eigenvalue weighted by Crippen LogP contribution is -2.39. The second kappa shape index (κ2) is 8.02. The number of nitrogens with zero attached hydrogens (tertiary/aromatic N) is 6. The van der Waals surface area contributed by atoms with Gasteiger partial charge in [0, 0.05) is 19.0 Å². The van der Waals surface area contributed by atoms with Crippen molar-refractivity contribution in [1.82, 2.24) is 30.0 Å². The van der Waals surface area contributed by atoms with Crippen LogP contribution in [0.2, 0.25) is 0 Å². The van der Waals surface area contributed by atoms with Gasteiger partial charge in [-0.2, -0.15) is 4.98 Å². The van der Waals surface area contributed by atoms with E-state index >= 15 is 0 Å². The summed E-state index contributed by atoms with van der Waals surface area (Å²) in [5.41, 5.74) is 0.537. The zero-order valence-corrected chi connectivity index (χ0v) is 16.7. The van der Waals surface area contributed by atoms with E-state index in [9.17, 15) is 4.79 Å². The summed E-state index contributed by atoms with van der Waals surface area (Å²) >= 11 is 0. The van der Waals surface area contributed by atoms with Crippen LogP contribution in [0.15, 0.2) is 41.1 Å². The molecule has 0 N–H and O–H groups in total. The molecule has 0 saturated carbocycles. The van der Waals surface area contributed by atoms with Gasteiger partial charge in [0.05, 0.1) is 12.2 Å². The molecule has 2 aromatic heterocycles. The van der Waals surface area contributed by atoms with Crippen molar-refractivity contribution >= 4 is 5.91 Å². The number of ether oxygens (including phenoxy) is 1. The number of aromatic nitrogens is 5. The molecular weight excluding hydrogens is 372 g/mol. The molecule has 0 bridgehead atoms. The van der Waals surface area contributed by atoms with E-state index < -0.39 is 6.10 Å². The van der Waals surface area contributed by atoms with Gasteiger partial charge >= 0.3 is 0 Å². The summed E-state index contributed by atoms with van der Waals surface area (Å²) in [5, 5.41) is 12.3. The first-order valence-electron chi connectivity index (χ1n) is 9.77. The summed E-state index contributed by atoms with van der Waals surface area (Å²) < 4.78 is 12.8. The van der Waals surface area contributed by atoms with Crippen LogP contribution in [0.25, 0.3) is 11.6 Å². The van der Waals surface area contributed by atoms with Crippen LogP contribution in [-0.2, 0) is 4.79 Å². The first-order chi connectivity index (χ1) is 14.0. The van der Waals surface area contributed by atoms with E-state index in [-0.39, 0.29) is 17.9 Å². The molecule has 4 rings (SSSR count). The van der Waals surface area contributed by atoms with E-state index in [2.05, 4.69) is 20.5 Å². The molecule has 1 aromatic carbocycles. The number of rotatable bonds is 6. The average molecular weight is 396 g/mol. The van der Waals surface area contributed by atoms with Gasteiger partial charge in [-0.15, -0.1) is 5.10 Å². The lowest BCUT2D eigenvalue weighted by molar-refractivity contribution is -0.136. The Hall–Kier alpha value is -3.23. The van der Waals surface area contributed by atoms with Crippen molar-refractivity contribution in [1.29, 1.82) is 0 Å². The van der Waals surface area contributed by atoms with Crippen LogP contribution in [0.4, 0.5) is 0 Å². The first kappa shape index (κ1) is 19.1. The van der Waals surface area contributed by atoms with Crippen LogP contribution in [0.5, 0.6) is 5.75 Å². The van der Waals surface area contributed by atoms with E-state index in [0.29, 0.717) is 36.2 Å². The molecule has 1 amide bonds. The number of para-hydroxylation sites is 1. The normalized spacial score (nSPS) is 17.7. The molecule has 1 aliphatic heterocycles. The van der Waals surface area contributed by atoms with Crippen LogP contribution in [-0.4, -0.2) is 55.1 Å². The van der Waals surface area contributed by atoms with Crippen molar-refractivity contribution < 1.29 is 14.1 Å². The van der Waals surface area contributed by atoms with E-state index in [1.165, 1.54) is 0 Å². The van der Waals surface area contributed by atoms with Crippen molar-refractivity contribution in [3.63, 3.8) is 0 Å². The summed E-state index contributed by atoms with van der Waals surface area (Å²) in [6, 6.07) is 9.42. The van der Waals surface area contributed by atoms with Crippen molar-refractivity contribution in [3.05, 3.63) is 42.4 Å². The monoisotopic (exact) mass is 396 g/mol. The third-order valence-electron chi connectivity index (χ3n) is 4.94. The zero-order valence-electron chi connectivity index (χ0n) is 16.7. The van der Waals surface area contributed by atoms with Gasteiger partial charge in [0.15, 0.2) is 17.6 Å². The highest BCUT2D eigenvalue weighted by molar-refractivity contribution is 5.81. The molecule has 9 nitrogen and oxygen atoms in total. The number of carbonyl (C=O) groups is 1. The van der Waals surface area contributed by atoms with Crippen LogP contribution >= 0.6 is 0 Å². The van der Waals surface area contributed by atoms with Gasteiger partial charge in [-0.05, 0) is 25.5 Å². The number of benzene rings is 1. The number of hydrogen-bond acceptors (Lipinski definition) is 7. The Balaban J connectivity index is 1.38. The van der Waals surface area contributed by atoms with E-state index in [1.807, 2.05) is 49.1 Å². The van der Waals surface area contributed by atoms with Crippen LogP contribution < -0.4 is 4.74 Å². The Bertz CT molecular complexity index is 968. The summed E-state index contributed by atoms with van der Waals surface area (Å²) in [6.07, 6.45) is 2.05. The summed E-state index contributed by atoms with van der Waals surface area (Å²) in [6.45, 7) is 6.98. The summed E-state index contributed by atoms with van der Waals surface area (Å²) in [7, 11) is 0. The van der Waals surface area contributed by atoms with Gasteiger partial charge in [-0.1, -0.05) is 42.4 Å². The molecule has 1 aliphatic rings. The van der Waals surface area contributed by atoms with E-state index in [0.717, 1.165) is 6.42 Å². The number of likely N-dealkylation sites (tertiary alicyclic amines) is 1. The summed E-state index contributed by atoms with van der Waals surface area (Å²) in [5.74, 6) is 1.83. The highest BCUT2D eigenvalue weighted by Gasteiger charge is 2.31. The molecule has 3 heterocycles. The summed E-state index contributed by atoms with van der Waals surface area (Å²) in [4.78, 5) is 18.9. The number of amides is 1. The smallest absolute Gasteiger partial charge is 0.280 e. The van der Waals surface area contributed by atoms with Crippen molar-refractivity contribution in [3.8, 4) is 17.3 Å². The molecule has 0 unspecified atom stereocenters. The van der Waals surface area contributed by atoms with Gasteiger partial charge < -0.3 is 14.2 Å². The largest absolute Gasteiger partial charge is 0.481 e. The Kier molecular flexibility index (Phi) is 5.28. The minimum Gasteiger partial charge on any atom is -0.481 e. The van der Waals surface area contributed by atoms with E-state index in [4.69, 9.17) is 9.26 Å². The maximum absolute atomic E-state index is 12.7. The highest BCUT2D eigenvalue weighted by Crippen LogP contribution is 2.24. The third kappa shape index (κ3) is 4.13. The molecule has 1 fully saturated rings.